The van der Waals surface area contributed by atoms with E-state index in [-0.39, 0.29) is 35.5 Å². The molecule has 2 aromatic rings. The number of halogens is 1. The number of esters is 1. The van der Waals surface area contributed by atoms with E-state index in [1.165, 1.54) is 0 Å². The summed E-state index contributed by atoms with van der Waals surface area (Å²) in [5.74, 6) is 0.335. The van der Waals surface area contributed by atoms with E-state index in [1.54, 1.807) is 0 Å². The van der Waals surface area contributed by atoms with Crippen molar-refractivity contribution in [1.82, 2.24) is 10.1 Å². The van der Waals surface area contributed by atoms with Crippen LogP contribution in [0.5, 0.6) is 0 Å². The molecule has 5 nitrogen and oxygen atoms in total. The van der Waals surface area contributed by atoms with Gasteiger partial charge in [-0.05, 0) is 38.6 Å². The lowest BCUT2D eigenvalue weighted by molar-refractivity contribution is -0.150. The number of likely N-dealkylation sites (N-methyl/N-ethyl adjacent to an activating group) is 1. The molecule has 0 radical (unpaired) electrons. The first-order valence-electron chi connectivity index (χ1n) is 6.93. The zero-order valence-electron chi connectivity index (χ0n) is 11.9. The molecule has 0 amide bonds. The van der Waals surface area contributed by atoms with Crippen molar-refractivity contribution in [1.29, 1.82) is 0 Å². The van der Waals surface area contributed by atoms with E-state index in [4.69, 9.17) is 9.26 Å². The number of benzene rings is 1. The fourth-order valence-electron chi connectivity index (χ4n) is 2.64. The zero-order valence-corrected chi connectivity index (χ0v) is 13.7. The maximum Gasteiger partial charge on any atom is 0.313 e. The van der Waals surface area contributed by atoms with Crippen LogP contribution in [-0.2, 0) is 16.0 Å². The molecule has 0 N–H and O–H groups in total. The van der Waals surface area contributed by atoms with Crippen LogP contribution in [0.15, 0.2) is 28.8 Å². The standard InChI is InChI=1S/C15H18N2O3.BrH/c1-17-8-4-5-11(10-17)19-15(18)9-14-12-6-2-3-7-13(12)16-20-14;/h2-3,6-7,11H,4-5,8-10H2,1H3;1H. The Morgan fingerprint density at radius 3 is 3.10 bits per heavy atom. The molecule has 21 heavy (non-hydrogen) atoms. The van der Waals surface area contributed by atoms with Crippen LogP contribution < -0.4 is 0 Å². The van der Waals surface area contributed by atoms with Crippen LogP contribution in [0.2, 0.25) is 0 Å². The number of aromatic nitrogens is 1. The Balaban J connectivity index is 0.00000161. The zero-order chi connectivity index (χ0) is 13.9. The van der Waals surface area contributed by atoms with E-state index in [0.29, 0.717) is 5.76 Å². The normalized spacial score (nSPS) is 19.2. The molecule has 0 aliphatic carbocycles. The number of piperidine rings is 1. The summed E-state index contributed by atoms with van der Waals surface area (Å²) in [4.78, 5) is 14.2. The third-order valence-electron chi connectivity index (χ3n) is 3.64. The van der Waals surface area contributed by atoms with E-state index >= 15 is 0 Å². The molecule has 1 aliphatic heterocycles. The SMILES string of the molecule is Br.CN1CCCC(OC(=O)Cc2onc3ccccc23)C1. The molecule has 1 saturated heterocycles. The van der Waals surface area contributed by atoms with Gasteiger partial charge in [-0.3, -0.25) is 4.79 Å². The Bertz CT molecular complexity index is 614. The molecular formula is C15H19BrN2O3. The van der Waals surface area contributed by atoms with Crippen molar-refractivity contribution in [3.8, 4) is 0 Å². The van der Waals surface area contributed by atoms with Crippen molar-refractivity contribution in [3.63, 3.8) is 0 Å². The van der Waals surface area contributed by atoms with Crippen molar-refractivity contribution in [2.45, 2.75) is 25.4 Å². The third kappa shape index (κ3) is 3.83. The third-order valence-corrected chi connectivity index (χ3v) is 3.64. The summed E-state index contributed by atoms with van der Waals surface area (Å²) in [7, 11) is 2.05. The highest BCUT2D eigenvalue weighted by molar-refractivity contribution is 8.93. The highest BCUT2D eigenvalue weighted by atomic mass is 79.9. The van der Waals surface area contributed by atoms with Crippen LogP contribution in [-0.4, -0.2) is 42.3 Å². The molecular weight excluding hydrogens is 336 g/mol. The maximum absolute atomic E-state index is 12.0. The second kappa shape index (κ2) is 7.04. The maximum atomic E-state index is 12.0. The smallest absolute Gasteiger partial charge is 0.313 e. The van der Waals surface area contributed by atoms with Crippen LogP contribution in [0.1, 0.15) is 18.6 Å². The number of carbonyl (C=O) groups is 1. The van der Waals surface area contributed by atoms with Gasteiger partial charge in [0.2, 0.25) is 0 Å². The molecule has 0 bridgehead atoms. The largest absolute Gasteiger partial charge is 0.461 e. The molecule has 2 heterocycles. The second-order valence-corrected chi connectivity index (χ2v) is 5.32. The topological polar surface area (TPSA) is 55.6 Å². The number of fused-ring (bicyclic) bond motifs is 1. The Morgan fingerprint density at radius 2 is 2.29 bits per heavy atom. The first kappa shape index (κ1) is 16.0. The number of ether oxygens (including phenoxy) is 1. The van der Waals surface area contributed by atoms with E-state index < -0.39 is 0 Å². The fraction of sp³-hybridized carbons (Fsp3) is 0.467. The van der Waals surface area contributed by atoms with Crippen LogP contribution in [0.3, 0.4) is 0 Å². The van der Waals surface area contributed by atoms with Gasteiger partial charge in [0.15, 0.2) is 5.76 Å². The highest BCUT2D eigenvalue weighted by Crippen LogP contribution is 2.19. The number of rotatable bonds is 3. The number of hydrogen-bond donors (Lipinski definition) is 0. The van der Waals surface area contributed by atoms with Crippen molar-refractivity contribution in [2.24, 2.45) is 0 Å². The van der Waals surface area contributed by atoms with Gasteiger partial charge < -0.3 is 14.2 Å². The van der Waals surface area contributed by atoms with Gasteiger partial charge in [-0.15, -0.1) is 17.0 Å². The van der Waals surface area contributed by atoms with Gasteiger partial charge in [0.05, 0.1) is 0 Å². The van der Waals surface area contributed by atoms with Crippen molar-refractivity contribution < 1.29 is 14.1 Å². The Morgan fingerprint density at radius 1 is 1.48 bits per heavy atom. The number of carbonyl (C=O) groups excluding carboxylic acids is 1. The Kier molecular flexibility index (Phi) is 5.36. The average Bonchev–Trinajstić information content (AvgIpc) is 2.82. The van der Waals surface area contributed by atoms with Crippen LogP contribution >= 0.6 is 17.0 Å². The summed E-state index contributed by atoms with van der Waals surface area (Å²) >= 11 is 0. The summed E-state index contributed by atoms with van der Waals surface area (Å²) in [5, 5.41) is 4.82. The minimum atomic E-state index is -0.243. The number of hydrogen-bond acceptors (Lipinski definition) is 5. The lowest BCUT2D eigenvalue weighted by Crippen LogP contribution is -2.38. The molecule has 1 unspecified atom stereocenters. The first-order chi connectivity index (χ1) is 9.72. The van der Waals surface area contributed by atoms with Crippen LogP contribution in [0.4, 0.5) is 0 Å². The Hall–Kier alpha value is -1.40. The minimum absolute atomic E-state index is 0. The van der Waals surface area contributed by atoms with Crippen LogP contribution in [0, 0.1) is 0 Å². The molecule has 1 aliphatic rings. The van der Waals surface area contributed by atoms with E-state index in [2.05, 4.69) is 10.1 Å². The predicted molar refractivity (Wildman–Crippen MR) is 84.6 cm³/mol. The Labute approximate surface area is 134 Å². The van der Waals surface area contributed by atoms with Gasteiger partial charge in [-0.1, -0.05) is 17.3 Å². The second-order valence-electron chi connectivity index (χ2n) is 5.32. The number of likely N-dealkylation sites (tertiary alicyclic amines) is 1. The summed E-state index contributed by atoms with van der Waals surface area (Å²) in [5.41, 5.74) is 0.771. The summed E-state index contributed by atoms with van der Waals surface area (Å²) in [6, 6.07) is 7.57. The van der Waals surface area contributed by atoms with Gasteiger partial charge in [0.1, 0.15) is 18.0 Å². The van der Waals surface area contributed by atoms with E-state index in [9.17, 15) is 4.79 Å². The lowest BCUT2D eigenvalue weighted by Gasteiger charge is -2.29. The predicted octanol–water partition coefficient (Wildman–Crippen LogP) is 2.59. The minimum Gasteiger partial charge on any atom is -0.461 e. The van der Waals surface area contributed by atoms with Gasteiger partial charge in [0.25, 0.3) is 0 Å². The first-order valence-corrected chi connectivity index (χ1v) is 6.93. The monoisotopic (exact) mass is 354 g/mol. The van der Waals surface area contributed by atoms with Crippen molar-refractivity contribution in [3.05, 3.63) is 30.0 Å². The molecule has 3 rings (SSSR count). The van der Waals surface area contributed by atoms with E-state index in [1.807, 2.05) is 31.3 Å². The fourth-order valence-corrected chi connectivity index (χ4v) is 2.64. The average molecular weight is 355 g/mol. The molecule has 1 aromatic carbocycles. The molecule has 1 fully saturated rings. The summed E-state index contributed by atoms with van der Waals surface area (Å²) < 4.78 is 10.8. The summed E-state index contributed by atoms with van der Waals surface area (Å²) in [6.45, 7) is 1.88. The van der Waals surface area contributed by atoms with Crippen molar-refractivity contribution in [2.75, 3.05) is 20.1 Å². The quantitative estimate of drug-likeness (QED) is 0.793. The molecule has 114 valence electrons. The highest BCUT2D eigenvalue weighted by Gasteiger charge is 2.22. The van der Waals surface area contributed by atoms with Crippen molar-refractivity contribution >= 4 is 33.9 Å². The molecule has 0 spiro atoms. The van der Waals surface area contributed by atoms with Gasteiger partial charge in [-0.25, -0.2) is 0 Å². The molecule has 1 aromatic heterocycles. The molecule has 6 heteroatoms. The molecule has 1 atom stereocenters. The molecule has 0 saturated carbocycles. The van der Waals surface area contributed by atoms with Gasteiger partial charge >= 0.3 is 5.97 Å². The van der Waals surface area contributed by atoms with Gasteiger partial charge in [-0.2, -0.15) is 0 Å². The lowest BCUT2D eigenvalue weighted by atomic mass is 10.1. The van der Waals surface area contributed by atoms with Gasteiger partial charge in [0, 0.05) is 11.9 Å². The number of nitrogens with zero attached hydrogens (tertiary/aromatic N) is 2. The summed E-state index contributed by atoms with van der Waals surface area (Å²) in [6.07, 6.45) is 2.14. The van der Waals surface area contributed by atoms with E-state index in [0.717, 1.165) is 36.8 Å². The van der Waals surface area contributed by atoms with Crippen LogP contribution in [0.25, 0.3) is 10.9 Å².